The van der Waals surface area contributed by atoms with E-state index in [0.29, 0.717) is 30.4 Å². The van der Waals surface area contributed by atoms with Crippen LogP contribution in [0.3, 0.4) is 0 Å². The first-order valence-corrected chi connectivity index (χ1v) is 10.4. The van der Waals surface area contributed by atoms with Gasteiger partial charge in [0.1, 0.15) is 5.69 Å². The maximum Gasteiger partial charge on any atom is 0.273 e. The Hall–Kier alpha value is -3.28. The van der Waals surface area contributed by atoms with Gasteiger partial charge < -0.3 is 14.4 Å². The summed E-state index contributed by atoms with van der Waals surface area (Å²) in [4.78, 5) is 15.1. The van der Waals surface area contributed by atoms with Gasteiger partial charge in [-0.1, -0.05) is 36.4 Å². The molecule has 1 amide bonds. The van der Waals surface area contributed by atoms with Gasteiger partial charge in [-0.25, -0.2) is 0 Å². The van der Waals surface area contributed by atoms with Gasteiger partial charge in [0.15, 0.2) is 11.5 Å². The minimum Gasteiger partial charge on any atom is -0.490 e. The largest absolute Gasteiger partial charge is 0.490 e. The highest BCUT2D eigenvalue weighted by molar-refractivity contribution is 6.00. The summed E-state index contributed by atoms with van der Waals surface area (Å²) < 4.78 is 11.6. The normalized spacial score (nSPS) is 15.6. The zero-order chi connectivity index (χ0) is 21.3. The van der Waals surface area contributed by atoms with E-state index in [2.05, 4.69) is 10.2 Å². The Bertz CT molecular complexity index is 1040. The van der Waals surface area contributed by atoms with Crippen molar-refractivity contribution < 1.29 is 14.3 Å². The Kier molecular flexibility index (Phi) is 5.48. The third-order valence-electron chi connectivity index (χ3n) is 5.29. The summed E-state index contributed by atoms with van der Waals surface area (Å²) in [6, 6.07) is 15.6. The second-order valence-corrected chi connectivity index (χ2v) is 7.51. The Morgan fingerprint density at radius 3 is 2.40 bits per heavy atom. The molecule has 0 spiro atoms. The van der Waals surface area contributed by atoms with E-state index in [9.17, 15) is 4.79 Å². The number of fused-ring (bicyclic) bond motifs is 1. The van der Waals surface area contributed by atoms with Gasteiger partial charge in [-0.2, -0.15) is 5.10 Å². The van der Waals surface area contributed by atoms with Gasteiger partial charge in [-0.3, -0.25) is 9.89 Å². The number of ether oxygens (including phenoxy) is 2. The minimum absolute atomic E-state index is 0.0223. The number of benzene rings is 2. The van der Waals surface area contributed by atoms with Crippen LogP contribution in [0.15, 0.2) is 48.5 Å². The van der Waals surface area contributed by atoms with Crippen LogP contribution in [0.1, 0.15) is 55.4 Å². The molecule has 1 atom stereocenters. The Morgan fingerprint density at radius 1 is 1.03 bits per heavy atom. The number of aromatic nitrogens is 2. The van der Waals surface area contributed by atoms with Crippen LogP contribution in [0, 0.1) is 0 Å². The van der Waals surface area contributed by atoms with E-state index in [-0.39, 0.29) is 18.0 Å². The summed E-state index contributed by atoms with van der Waals surface area (Å²) in [5, 5.41) is 7.50. The van der Waals surface area contributed by atoms with Crippen LogP contribution in [0.5, 0.6) is 11.5 Å². The number of carbonyl (C=O) groups is 1. The third-order valence-corrected chi connectivity index (χ3v) is 5.29. The number of hydrogen-bond acceptors (Lipinski definition) is 4. The number of amides is 1. The fourth-order valence-corrected chi connectivity index (χ4v) is 4.08. The van der Waals surface area contributed by atoms with Crippen LogP contribution in [0.25, 0.3) is 11.3 Å². The summed E-state index contributed by atoms with van der Waals surface area (Å²) in [6.45, 7) is 9.05. The fraction of sp³-hybridized carbons (Fsp3) is 0.333. The topological polar surface area (TPSA) is 67.5 Å². The molecule has 3 aromatic rings. The van der Waals surface area contributed by atoms with Gasteiger partial charge in [-0.05, 0) is 45.4 Å². The first kappa shape index (κ1) is 20.0. The molecule has 4 rings (SSSR count). The van der Waals surface area contributed by atoms with E-state index < -0.39 is 0 Å². The second kappa shape index (κ2) is 8.22. The summed E-state index contributed by atoms with van der Waals surface area (Å²) in [6.07, 6.45) is 0. The van der Waals surface area contributed by atoms with Gasteiger partial charge in [-0.15, -0.1) is 0 Å². The molecule has 0 radical (unpaired) electrons. The van der Waals surface area contributed by atoms with E-state index in [1.54, 1.807) is 0 Å². The molecule has 1 aliphatic rings. The average Bonchev–Trinajstić information content (AvgIpc) is 3.29. The van der Waals surface area contributed by atoms with Gasteiger partial charge in [0.2, 0.25) is 0 Å². The summed E-state index contributed by atoms with van der Waals surface area (Å²) in [5.41, 5.74) is 4.22. The van der Waals surface area contributed by atoms with Crippen molar-refractivity contribution in [2.24, 2.45) is 0 Å². The number of rotatable bonds is 7. The highest BCUT2D eigenvalue weighted by Crippen LogP contribution is 2.45. The van der Waals surface area contributed by atoms with Gasteiger partial charge in [0, 0.05) is 17.2 Å². The van der Waals surface area contributed by atoms with E-state index in [1.165, 1.54) is 0 Å². The van der Waals surface area contributed by atoms with Gasteiger partial charge in [0.25, 0.3) is 5.91 Å². The minimum atomic E-state index is -0.253. The lowest BCUT2D eigenvalue weighted by Crippen LogP contribution is -2.35. The van der Waals surface area contributed by atoms with Crippen molar-refractivity contribution in [1.29, 1.82) is 0 Å². The van der Waals surface area contributed by atoms with Gasteiger partial charge in [0.05, 0.1) is 24.9 Å². The molecule has 1 N–H and O–H groups in total. The molecule has 1 unspecified atom stereocenters. The van der Waals surface area contributed by atoms with Crippen LogP contribution in [-0.4, -0.2) is 40.3 Å². The standard InChI is InChI=1S/C24H27N3O3/c1-5-29-18-13-12-17(14-19(18)30-6-2)23-20-21(16-10-8-7-9-11-16)25-26-22(20)24(28)27(23)15(3)4/h7-15,23H,5-6H2,1-4H3,(H,25,26). The predicted molar refractivity (Wildman–Crippen MR) is 116 cm³/mol. The Labute approximate surface area is 176 Å². The van der Waals surface area contributed by atoms with Crippen molar-refractivity contribution in [2.75, 3.05) is 13.2 Å². The molecular formula is C24H27N3O3. The average molecular weight is 405 g/mol. The smallest absolute Gasteiger partial charge is 0.273 e. The lowest BCUT2D eigenvalue weighted by Gasteiger charge is -2.30. The van der Waals surface area contributed by atoms with Crippen LogP contribution < -0.4 is 9.47 Å². The van der Waals surface area contributed by atoms with Crippen molar-refractivity contribution in [2.45, 2.75) is 39.8 Å². The fourth-order valence-electron chi connectivity index (χ4n) is 4.08. The van der Waals surface area contributed by atoms with Crippen molar-refractivity contribution >= 4 is 5.91 Å². The quantitative estimate of drug-likeness (QED) is 0.611. The van der Waals surface area contributed by atoms with Crippen LogP contribution in [0.2, 0.25) is 0 Å². The summed E-state index contributed by atoms with van der Waals surface area (Å²) in [5.74, 6) is 1.36. The molecule has 30 heavy (non-hydrogen) atoms. The van der Waals surface area contributed by atoms with Crippen molar-refractivity contribution in [1.82, 2.24) is 15.1 Å². The second-order valence-electron chi connectivity index (χ2n) is 7.51. The summed E-state index contributed by atoms with van der Waals surface area (Å²) >= 11 is 0. The highest BCUT2D eigenvalue weighted by atomic mass is 16.5. The molecule has 0 saturated carbocycles. The van der Waals surface area contributed by atoms with Crippen LogP contribution in [0.4, 0.5) is 0 Å². The van der Waals surface area contributed by atoms with Crippen molar-refractivity contribution in [3.05, 3.63) is 65.4 Å². The molecule has 1 aliphatic heterocycles. The molecule has 6 heteroatoms. The molecule has 2 heterocycles. The number of hydrogen-bond donors (Lipinski definition) is 1. The SMILES string of the molecule is CCOc1ccc(C2c3c(-c4ccccc4)n[nH]c3C(=O)N2C(C)C)cc1OCC. The first-order valence-electron chi connectivity index (χ1n) is 10.4. The highest BCUT2D eigenvalue weighted by Gasteiger charge is 2.43. The van der Waals surface area contributed by atoms with E-state index in [4.69, 9.17) is 9.47 Å². The zero-order valence-corrected chi connectivity index (χ0v) is 17.8. The number of carbonyl (C=O) groups excluding carboxylic acids is 1. The Morgan fingerprint density at radius 2 is 1.73 bits per heavy atom. The van der Waals surface area contributed by atoms with E-state index in [0.717, 1.165) is 22.4 Å². The first-order chi connectivity index (χ1) is 14.6. The number of nitrogens with zero attached hydrogens (tertiary/aromatic N) is 2. The van der Waals surface area contributed by atoms with Crippen LogP contribution in [-0.2, 0) is 0 Å². The zero-order valence-electron chi connectivity index (χ0n) is 17.8. The molecule has 0 fully saturated rings. The molecule has 2 aromatic carbocycles. The maximum absolute atomic E-state index is 13.2. The van der Waals surface area contributed by atoms with Crippen molar-refractivity contribution in [3.63, 3.8) is 0 Å². The number of aromatic amines is 1. The predicted octanol–water partition coefficient (Wildman–Crippen LogP) is 4.83. The van der Waals surface area contributed by atoms with Gasteiger partial charge >= 0.3 is 0 Å². The molecular weight excluding hydrogens is 378 g/mol. The van der Waals surface area contributed by atoms with E-state index >= 15 is 0 Å². The van der Waals surface area contributed by atoms with E-state index in [1.807, 2.05) is 81.1 Å². The molecule has 156 valence electrons. The number of nitrogens with one attached hydrogen (secondary N) is 1. The lowest BCUT2D eigenvalue weighted by molar-refractivity contribution is 0.0687. The lowest BCUT2D eigenvalue weighted by atomic mass is 9.95. The molecule has 6 nitrogen and oxygen atoms in total. The molecule has 0 bridgehead atoms. The number of H-pyrrole nitrogens is 1. The third kappa shape index (κ3) is 3.32. The Balaban J connectivity index is 1.88. The van der Waals surface area contributed by atoms with Crippen molar-refractivity contribution in [3.8, 4) is 22.8 Å². The molecule has 0 aliphatic carbocycles. The summed E-state index contributed by atoms with van der Waals surface area (Å²) in [7, 11) is 0. The van der Waals surface area contributed by atoms with Crippen LogP contribution >= 0.6 is 0 Å². The molecule has 1 aromatic heterocycles. The molecule has 0 saturated heterocycles. The maximum atomic E-state index is 13.2. The monoisotopic (exact) mass is 405 g/mol.